The van der Waals surface area contributed by atoms with Crippen molar-refractivity contribution in [3.05, 3.63) is 52.8 Å². The van der Waals surface area contributed by atoms with Crippen LogP contribution in [-0.4, -0.2) is 26.1 Å². The van der Waals surface area contributed by atoms with Crippen molar-refractivity contribution in [2.45, 2.75) is 25.3 Å². The largest absolute Gasteiger partial charge is 0.464 e. The van der Waals surface area contributed by atoms with Crippen molar-refractivity contribution in [2.75, 3.05) is 7.11 Å². The summed E-state index contributed by atoms with van der Waals surface area (Å²) >= 11 is 0. The summed E-state index contributed by atoms with van der Waals surface area (Å²) in [7, 11) is -0.842. The standard InChI is InChI=1S/C16H20N2O4S/c1-11-7-5-6-8-13(11)10-17-23(20,21)15-9-14(16(19)22-4)18(3)12(15)2/h5-9,17H,10H2,1-4H3. The molecule has 0 atom stereocenters. The van der Waals surface area contributed by atoms with Crippen LogP contribution in [0.5, 0.6) is 0 Å². The summed E-state index contributed by atoms with van der Waals surface area (Å²) in [5.74, 6) is -0.573. The minimum absolute atomic E-state index is 0.0778. The minimum atomic E-state index is -3.73. The molecule has 0 bridgehead atoms. The molecular weight excluding hydrogens is 316 g/mol. The van der Waals surface area contributed by atoms with Crippen LogP contribution < -0.4 is 4.72 Å². The van der Waals surface area contributed by atoms with Crippen LogP contribution in [0, 0.1) is 13.8 Å². The fourth-order valence-corrected chi connectivity index (χ4v) is 3.60. The van der Waals surface area contributed by atoms with E-state index in [4.69, 9.17) is 0 Å². The molecule has 23 heavy (non-hydrogen) atoms. The second kappa shape index (κ2) is 6.55. The summed E-state index contributed by atoms with van der Waals surface area (Å²) in [6.45, 7) is 3.76. The highest BCUT2D eigenvalue weighted by atomic mass is 32.2. The Morgan fingerprint density at radius 2 is 1.91 bits per heavy atom. The Hall–Kier alpha value is -2.12. The van der Waals surface area contributed by atoms with E-state index < -0.39 is 16.0 Å². The number of hydrogen-bond acceptors (Lipinski definition) is 4. The Morgan fingerprint density at radius 1 is 1.26 bits per heavy atom. The fourth-order valence-electron chi connectivity index (χ4n) is 2.30. The van der Waals surface area contributed by atoms with Crippen molar-refractivity contribution in [3.63, 3.8) is 0 Å². The zero-order chi connectivity index (χ0) is 17.2. The summed E-state index contributed by atoms with van der Waals surface area (Å²) in [5.41, 5.74) is 2.58. The van der Waals surface area contributed by atoms with Gasteiger partial charge in [-0.15, -0.1) is 0 Å². The van der Waals surface area contributed by atoms with Gasteiger partial charge in [-0.25, -0.2) is 17.9 Å². The number of esters is 1. The van der Waals surface area contributed by atoms with Crippen LogP contribution in [0.2, 0.25) is 0 Å². The number of rotatable bonds is 5. The van der Waals surface area contributed by atoms with Gasteiger partial charge in [0.05, 0.1) is 7.11 Å². The quantitative estimate of drug-likeness (QED) is 0.846. The molecule has 2 aromatic rings. The highest BCUT2D eigenvalue weighted by Gasteiger charge is 2.24. The molecule has 1 aromatic carbocycles. The van der Waals surface area contributed by atoms with Crippen molar-refractivity contribution in [1.29, 1.82) is 0 Å². The van der Waals surface area contributed by atoms with Gasteiger partial charge in [-0.1, -0.05) is 24.3 Å². The second-order valence-electron chi connectivity index (χ2n) is 5.28. The van der Waals surface area contributed by atoms with Gasteiger partial charge in [-0.05, 0) is 31.0 Å². The van der Waals surface area contributed by atoms with E-state index >= 15 is 0 Å². The Labute approximate surface area is 136 Å². The molecule has 1 heterocycles. The van der Waals surface area contributed by atoms with Gasteiger partial charge in [0.15, 0.2) is 0 Å². The molecule has 1 aromatic heterocycles. The molecule has 0 amide bonds. The molecule has 0 saturated carbocycles. The lowest BCUT2D eigenvalue weighted by Gasteiger charge is -2.09. The third-order valence-corrected chi connectivity index (χ3v) is 5.40. The van der Waals surface area contributed by atoms with Gasteiger partial charge in [0.25, 0.3) is 0 Å². The average molecular weight is 336 g/mol. The Kier molecular flexibility index (Phi) is 4.91. The number of nitrogens with zero attached hydrogens (tertiary/aromatic N) is 1. The van der Waals surface area contributed by atoms with Crippen LogP contribution >= 0.6 is 0 Å². The minimum Gasteiger partial charge on any atom is -0.464 e. The van der Waals surface area contributed by atoms with Crippen LogP contribution in [0.15, 0.2) is 35.2 Å². The van der Waals surface area contributed by atoms with E-state index in [1.54, 1.807) is 14.0 Å². The molecule has 0 aliphatic heterocycles. The van der Waals surface area contributed by atoms with Gasteiger partial charge in [-0.2, -0.15) is 0 Å². The van der Waals surface area contributed by atoms with Crippen LogP contribution in [-0.2, 0) is 28.4 Å². The SMILES string of the molecule is COC(=O)c1cc(S(=O)(=O)NCc2ccccc2C)c(C)n1C. The molecule has 7 heteroatoms. The average Bonchev–Trinajstić information content (AvgIpc) is 2.82. The molecule has 1 N–H and O–H groups in total. The first-order valence-electron chi connectivity index (χ1n) is 7.06. The first-order chi connectivity index (χ1) is 10.8. The molecule has 124 valence electrons. The monoisotopic (exact) mass is 336 g/mol. The molecule has 0 unspecified atom stereocenters. The van der Waals surface area contributed by atoms with Crippen LogP contribution in [0.4, 0.5) is 0 Å². The van der Waals surface area contributed by atoms with Crippen LogP contribution in [0.1, 0.15) is 27.3 Å². The topological polar surface area (TPSA) is 77.4 Å². The van der Waals surface area contributed by atoms with Crippen molar-refractivity contribution < 1.29 is 17.9 Å². The lowest BCUT2D eigenvalue weighted by molar-refractivity contribution is 0.0589. The maximum Gasteiger partial charge on any atom is 0.354 e. The summed E-state index contributed by atoms with van der Waals surface area (Å²) in [4.78, 5) is 11.8. The lowest BCUT2D eigenvalue weighted by atomic mass is 10.1. The number of aromatic nitrogens is 1. The Balaban J connectivity index is 2.30. The number of carbonyl (C=O) groups excluding carboxylic acids is 1. The molecule has 2 rings (SSSR count). The molecule has 0 aliphatic carbocycles. The number of nitrogens with one attached hydrogen (secondary N) is 1. The Morgan fingerprint density at radius 3 is 2.52 bits per heavy atom. The molecule has 0 aliphatic rings. The van der Waals surface area contributed by atoms with Gasteiger partial charge < -0.3 is 9.30 Å². The van der Waals surface area contributed by atoms with E-state index in [-0.39, 0.29) is 17.1 Å². The predicted octanol–water partition coefficient (Wildman–Crippen LogP) is 1.91. The summed E-state index contributed by atoms with van der Waals surface area (Å²) in [6, 6.07) is 8.89. The number of aryl methyl sites for hydroxylation is 1. The number of ether oxygens (including phenoxy) is 1. The Bertz CT molecular complexity index is 838. The molecule has 0 radical (unpaired) electrons. The third kappa shape index (κ3) is 3.46. The van der Waals surface area contributed by atoms with Gasteiger partial charge in [0, 0.05) is 19.3 Å². The molecule has 0 saturated heterocycles. The van der Waals surface area contributed by atoms with Gasteiger partial charge in [-0.3, -0.25) is 0 Å². The van der Waals surface area contributed by atoms with E-state index in [0.717, 1.165) is 11.1 Å². The van der Waals surface area contributed by atoms with Gasteiger partial charge >= 0.3 is 5.97 Å². The van der Waals surface area contributed by atoms with Gasteiger partial charge in [0.1, 0.15) is 10.6 Å². The van der Waals surface area contributed by atoms with E-state index in [9.17, 15) is 13.2 Å². The number of hydrogen-bond donors (Lipinski definition) is 1. The normalized spacial score (nSPS) is 11.5. The van der Waals surface area contributed by atoms with Crippen molar-refractivity contribution in [3.8, 4) is 0 Å². The summed E-state index contributed by atoms with van der Waals surface area (Å²) < 4.78 is 33.8. The molecule has 0 fully saturated rings. The first-order valence-corrected chi connectivity index (χ1v) is 8.55. The van der Waals surface area contributed by atoms with Crippen molar-refractivity contribution >= 4 is 16.0 Å². The highest BCUT2D eigenvalue weighted by Crippen LogP contribution is 2.20. The fraction of sp³-hybridized carbons (Fsp3) is 0.312. The van der Waals surface area contributed by atoms with Crippen molar-refractivity contribution in [2.24, 2.45) is 7.05 Å². The number of methoxy groups -OCH3 is 1. The summed E-state index contributed by atoms with van der Waals surface area (Å²) in [6.07, 6.45) is 0. The number of benzene rings is 1. The number of sulfonamides is 1. The molecule has 6 nitrogen and oxygen atoms in total. The molecule has 0 spiro atoms. The maximum atomic E-state index is 12.5. The highest BCUT2D eigenvalue weighted by molar-refractivity contribution is 7.89. The summed E-state index contributed by atoms with van der Waals surface area (Å²) in [5, 5.41) is 0. The van der Waals surface area contributed by atoms with E-state index in [1.807, 2.05) is 31.2 Å². The van der Waals surface area contributed by atoms with E-state index in [2.05, 4.69) is 9.46 Å². The van der Waals surface area contributed by atoms with Crippen LogP contribution in [0.25, 0.3) is 0 Å². The zero-order valence-corrected chi connectivity index (χ0v) is 14.4. The molecular formula is C16H20N2O4S. The maximum absolute atomic E-state index is 12.5. The predicted molar refractivity (Wildman–Crippen MR) is 86.7 cm³/mol. The van der Waals surface area contributed by atoms with Crippen molar-refractivity contribution in [1.82, 2.24) is 9.29 Å². The van der Waals surface area contributed by atoms with E-state index in [1.165, 1.54) is 17.7 Å². The third-order valence-electron chi connectivity index (χ3n) is 3.89. The first kappa shape index (κ1) is 17.2. The van der Waals surface area contributed by atoms with Crippen LogP contribution in [0.3, 0.4) is 0 Å². The lowest BCUT2D eigenvalue weighted by Crippen LogP contribution is -2.24. The zero-order valence-electron chi connectivity index (χ0n) is 13.6. The van der Waals surface area contributed by atoms with E-state index in [0.29, 0.717) is 5.69 Å². The second-order valence-corrected chi connectivity index (χ2v) is 7.02. The van der Waals surface area contributed by atoms with Gasteiger partial charge in [0.2, 0.25) is 10.0 Å². The number of carbonyl (C=O) groups is 1. The smallest absolute Gasteiger partial charge is 0.354 e.